The molecule has 0 saturated carbocycles. The maximum Gasteiger partial charge on any atom is 0.307 e. The van der Waals surface area contributed by atoms with Crippen LogP contribution in [-0.2, 0) is 16.1 Å². The van der Waals surface area contributed by atoms with Crippen molar-refractivity contribution in [1.29, 1.82) is 0 Å². The second kappa shape index (κ2) is 9.98. The van der Waals surface area contributed by atoms with Crippen LogP contribution in [-0.4, -0.2) is 28.8 Å². The van der Waals surface area contributed by atoms with Crippen molar-refractivity contribution >= 4 is 35.1 Å². The zero-order valence-corrected chi connectivity index (χ0v) is 19.0. The minimum atomic E-state index is -0.676. The van der Waals surface area contributed by atoms with Gasteiger partial charge < -0.3 is 10.1 Å². The first kappa shape index (κ1) is 22.8. The van der Waals surface area contributed by atoms with Crippen molar-refractivity contribution in [2.75, 3.05) is 7.11 Å². The van der Waals surface area contributed by atoms with E-state index in [-0.39, 0.29) is 17.1 Å². The summed E-state index contributed by atoms with van der Waals surface area (Å²) < 4.78 is 6.36. The quantitative estimate of drug-likeness (QED) is 0.510. The minimum absolute atomic E-state index is 0.0693. The lowest BCUT2D eigenvalue weighted by atomic mass is 10.0. The Hall–Kier alpha value is -2.83. The predicted octanol–water partition coefficient (Wildman–Crippen LogP) is 4.89. The molecule has 6 nitrogen and oxygen atoms in total. The Morgan fingerprint density at radius 3 is 2.42 bits per heavy atom. The molecule has 1 atom stereocenters. The van der Waals surface area contributed by atoms with Crippen molar-refractivity contribution < 1.29 is 14.3 Å². The molecular weight excluding hydrogens is 437 g/mol. The lowest BCUT2D eigenvalue weighted by Crippen LogP contribution is -2.31. The van der Waals surface area contributed by atoms with Crippen LogP contribution >= 0.6 is 23.2 Å². The van der Waals surface area contributed by atoms with Crippen molar-refractivity contribution in [3.63, 3.8) is 0 Å². The SMILES string of the molecule is COC(=O)CC(NC(=O)c1c(C)nn(Cc2ccc(C)cc2)c1Cl)c1ccccc1Cl. The van der Waals surface area contributed by atoms with E-state index in [0.29, 0.717) is 22.8 Å². The van der Waals surface area contributed by atoms with Gasteiger partial charge in [0.1, 0.15) is 5.15 Å². The van der Waals surface area contributed by atoms with Gasteiger partial charge >= 0.3 is 5.97 Å². The highest BCUT2D eigenvalue weighted by molar-refractivity contribution is 6.33. The average Bonchev–Trinajstić information content (AvgIpc) is 3.02. The Labute approximate surface area is 191 Å². The van der Waals surface area contributed by atoms with E-state index < -0.39 is 17.9 Å². The Bertz CT molecular complexity index is 1090. The van der Waals surface area contributed by atoms with Crippen LogP contribution in [0.1, 0.15) is 45.2 Å². The molecule has 0 aliphatic heterocycles. The molecule has 1 N–H and O–H groups in total. The van der Waals surface area contributed by atoms with E-state index in [1.165, 1.54) is 7.11 Å². The maximum atomic E-state index is 13.1. The number of esters is 1. The van der Waals surface area contributed by atoms with Gasteiger partial charge in [0, 0.05) is 5.02 Å². The van der Waals surface area contributed by atoms with Gasteiger partial charge in [0.15, 0.2) is 0 Å². The average molecular weight is 460 g/mol. The number of methoxy groups -OCH3 is 1. The third-order valence-corrected chi connectivity index (χ3v) is 5.66. The summed E-state index contributed by atoms with van der Waals surface area (Å²) >= 11 is 12.8. The smallest absolute Gasteiger partial charge is 0.307 e. The molecule has 3 aromatic rings. The van der Waals surface area contributed by atoms with Gasteiger partial charge in [-0.15, -0.1) is 0 Å². The van der Waals surface area contributed by atoms with Gasteiger partial charge in [0.2, 0.25) is 0 Å². The molecule has 0 spiro atoms. The first-order chi connectivity index (χ1) is 14.8. The van der Waals surface area contributed by atoms with E-state index in [1.807, 2.05) is 31.2 Å². The summed E-state index contributed by atoms with van der Waals surface area (Å²) in [4.78, 5) is 25.0. The number of carbonyl (C=O) groups is 2. The number of rotatable bonds is 7. The van der Waals surface area contributed by atoms with Crippen LogP contribution in [0.15, 0.2) is 48.5 Å². The number of hydrogen-bond donors (Lipinski definition) is 1. The molecule has 1 heterocycles. The molecule has 0 aliphatic rings. The van der Waals surface area contributed by atoms with Crippen LogP contribution in [0, 0.1) is 13.8 Å². The Balaban J connectivity index is 1.86. The Morgan fingerprint density at radius 2 is 1.77 bits per heavy atom. The second-order valence-corrected chi connectivity index (χ2v) is 7.99. The Kier molecular flexibility index (Phi) is 7.36. The molecule has 2 aromatic carbocycles. The molecule has 0 aliphatic carbocycles. The van der Waals surface area contributed by atoms with Crippen LogP contribution in [0.25, 0.3) is 0 Å². The van der Waals surface area contributed by atoms with Gasteiger partial charge in [-0.05, 0) is 31.0 Å². The van der Waals surface area contributed by atoms with E-state index in [4.69, 9.17) is 27.9 Å². The van der Waals surface area contributed by atoms with Gasteiger partial charge in [0.05, 0.1) is 37.4 Å². The molecule has 0 fully saturated rings. The lowest BCUT2D eigenvalue weighted by molar-refractivity contribution is -0.141. The second-order valence-electron chi connectivity index (χ2n) is 7.22. The molecule has 0 radical (unpaired) electrons. The summed E-state index contributed by atoms with van der Waals surface area (Å²) in [6.45, 7) is 4.17. The fraction of sp³-hybridized carbons (Fsp3) is 0.261. The van der Waals surface area contributed by atoms with Crippen molar-refractivity contribution in [2.24, 2.45) is 0 Å². The van der Waals surface area contributed by atoms with Gasteiger partial charge in [-0.2, -0.15) is 5.10 Å². The molecule has 162 valence electrons. The van der Waals surface area contributed by atoms with Gasteiger partial charge in [-0.3, -0.25) is 9.59 Å². The topological polar surface area (TPSA) is 73.2 Å². The van der Waals surface area contributed by atoms with Crippen LogP contribution in [0.5, 0.6) is 0 Å². The molecule has 0 bridgehead atoms. The monoisotopic (exact) mass is 459 g/mol. The molecule has 0 saturated heterocycles. The number of amides is 1. The van der Waals surface area contributed by atoms with Gasteiger partial charge in [-0.1, -0.05) is 71.2 Å². The number of nitrogens with zero attached hydrogens (tertiary/aromatic N) is 2. The molecule has 1 unspecified atom stereocenters. The van der Waals surface area contributed by atoms with E-state index in [9.17, 15) is 9.59 Å². The third kappa shape index (κ3) is 5.46. The highest BCUT2D eigenvalue weighted by Crippen LogP contribution is 2.27. The summed E-state index contributed by atoms with van der Waals surface area (Å²) in [5.74, 6) is -0.908. The fourth-order valence-electron chi connectivity index (χ4n) is 3.26. The van der Waals surface area contributed by atoms with Crippen LogP contribution < -0.4 is 5.32 Å². The van der Waals surface area contributed by atoms with Crippen molar-refractivity contribution in [1.82, 2.24) is 15.1 Å². The van der Waals surface area contributed by atoms with Crippen molar-refractivity contribution in [2.45, 2.75) is 32.9 Å². The molecule has 1 amide bonds. The number of aromatic nitrogens is 2. The van der Waals surface area contributed by atoms with Crippen LogP contribution in [0.3, 0.4) is 0 Å². The van der Waals surface area contributed by atoms with Crippen LogP contribution in [0.4, 0.5) is 0 Å². The van der Waals surface area contributed by atoms with Crippen molar-refractivity contribution in [3.8, 4) is 0 Å². The van der Waals surface area contributed by atoms with Crippen molar-refractivity contribution in [3.05, 3.63) is 86.7 Å². The fourth-order valence-corrected chi connectivity index (χ4v) is 3.85. The van der Waals surface area contributed by atoms with E-state index in [2.05, 4.69) is 10.4 Å². The first-order valence-electron chi connectivity index (χ1n) is 9.70. The number of aryl methyl sites for hydroxylation is 2. The highest BCUT2D eigenvalue weighted by atomic mass is 35.5. The van der Waals surface area contributed by atoms with Gasteiger partial charge in [0.25, 0.3) is 5.91 Å². The number of nitrogens with one attached hydrogen (secondary N) is 1. The number of carbonyl (C=O) groups excluding carboxylic acids is 2. The standard InChI is InChI=1S/C23H23Cl2N3O3/c1-14-8-10-16(11-9-14)13-28-22(25)21(15(2)27-28)23(30)26-19(12-20(29)31-3)17-6-4-5-7-18(17)24/h4-11,19H,12-13H2,1-3H3,(H,26,30). The largest absolute Gasteiger partial charge is 0.469 e. The predicted molar refractivity (Wildman–Crippen MR) is 121 cm³/mol. The zero-order chi connectivity index (χ0) is 22.5. The normalized spacial score (nSPS) is 11.8. The number of halogens is 2. The summed E-state index contributed by atoms with van der Waals surface area (Å²) in [6, 6.07) is 14.3. The summed E-state index contributed by atoms with van der Waals surface area (Å²) in [7, 11) is 1.30. The van der Waals surface area contributed by atoms with Gasteiger partial charge in [-0.25, -0.2) is 4.68 Å². The molecule has 1 aromatic heterocycles. The third-order valence-electron chi connectivity index (χ3n) is 4.93. The molecule has 8 heteroatoms. The summed E-state index contributed by atoms with van der Waals surface area (Å²) in [6.07, 6.45) is -0.0693. The maximum absolute atomic E-state index is 13.1. The molecule has 3 rings (SSSR count). The summed E-state index contributed by atoms with van der Waals surface area (Å²) in [5, 5.41) is 7.96. The van der Waals surface area contributed by atoms with Crippen LogP contribution in [0.2, 0.25) is 10.2 Å². The van der Waals surface area contributed by atoms with E-state index >= 15 is 0 Å². The Morgan fingerprint density at radius 1 is 1.10 bits per heavy atom. The van der Waals surface area contributed by atoms with E-state index in [0.717, 1.165) is 11.1 Å². The lowest BCUT2D eigenvalue weighted by Gasteiger charge is -2.19. The minimum Gasteiger partial charge on any atom is -0.469 e. The zero-order valence-electron chi connectivity index (χ0n) is 17.5. The molecular formula is C23H23Cl2N3O3. The number of benzene rings is 2. The van der Waals surface area contributed by atoms with E-state index in [1.54, 1.807) is 35.9 Å². The first-order valence-corrected chi connectivity index (χ1v) is 10.5. The number of hydrogen-bond acceptors (Lipinski definition) is 4. The number of ether oxygens (including phenoxy) is 1. The molecule has 31 heavy (non-hydrogen) atoms. The highest BCUT2D eigenvalue weighted by Gasteiger charge is 2.26. The summed E-state index contributed by atoms with van der Waals surface area (Å²) in [5.41, 5.74) is 3.54.